The van der Waals surface area contributed by atoms with Crippen molar-refractivity contribution in [2.45, 2.75) is 45.1 Å². The van der Waals surface area contributed by atoms with Crippen LogP contribution in [0.5, 0.6) is 0 Å². The van der Waals surface area contributed by atoms with Crippen LogP contribution in [0.2, 0.25) is 0 Å². The molecule has 0 radical (unpaired) electrons. The fourth-order valence-electron chi connectivity index (χ4n) is 4.46. The number of benzene rings is 2. The first-order valence-electron chi connectivity index (χ1n) is 9.37. The summed E-state index contributed by atoms with van der Waals surface area (Å²) < 4.78 is 0. The third-order valence-corrected chi connectivity index (χ3v) is 5.99. The Hall–Kier alpha value is -2.55. The Labute approximate surface area is 154 Å². The number of carboxylic acids is 1. The van der Waals surface area contributed by atoms with Gasteiger partial charge in [0.15, 0.2) is 0 Å². The van der Waals surface area contributed by atoms with E-state index in [0.717, 1.165) is 17.7 Å². The number of nitrogens with one attached hydrogen (secondary N) is 1. The Balaban J connectivity index is 1.77. The number of rotatable bonds is 3. The van der Waals surface area contributed by atoms with Crippen LogP contribution in [0.15, 0.2) is 48.6 Å². The minimum atomic E-state index is -0.867. The quantitative estimate of drug-likeness (QED) is 0.706. The number of aromatic carboxylic acids is 1. The van der Waals surface area contributed by atoms with Gasteiger partial charge >= 0.3 is 5.97 Å². The highest BCUT2D eigenvalue weighted by Crippen LogP contribution is 2.51. The molecule has 0 bridgehead atoms. The highest BCUT2D eigenvalue weighted by Gasteiger charge is 2.38. The van der Waals surface area contributed by atoms with E-state index in [0.29, 0.717) is 23.3 Å². The molecule has 3 atom stereocenters. The Morgan fingerprint density at radius 2 is 1.88 bits per heavy atom. The van der Waals surface area contributed by atoms with Crippen molar-refractivity contribution >= 4 is 11.7 Å². The standard InChI is InChI=1S/C23H25NO2/c1-13(2)15-7-9-16(10-8-15)22-19-6-4-5-18(19)20-12-11-17(23(25)26)14(3)21(20)24-22/h4-5,7-13,18-19,22,24H,6H2,1-3H3,(H,25,26)/t18-,19+,22+/m0/s1. The van der Waals surface area contributed by atoms with Crippen LogP contribution < -0.4 is 5.32 Å². The lowest BCUT2D eigenvalue weighted by Crippen LogP contribution is -2.30. The van der Waals surface area contributed by atoms with Crippen molar-refractivity contribution < 1.29 is 9.90 Å². The lowest BCUT2D eigenvalue weighted by atomic mass is 9.75. The summed E-state index contributed by atoms with van der Waals surface area (Å²) >= 11 is 0. The molecule has 1 heterocycles. The maximum Gasteiger partial charge on any atom is 0.336 e. The first kappa shape index (κ1) is 16.9. The van der Waals surface area contributed by atoms with Gasteiger partial charge in [-0.05, 0) is 53.5 Å². The molecule has 1 aliphatic carbocycles. The van der Waals surface area contributed by atoms with Crippen LogP contribution in [0, 0.1) is 12.8 Å². The molecule has 3 heteroatoms. The second-order valence-electron chi connectivity index (χ2n) is 7.80. The number of hydrogen-bond acceptors (Lipinski definition) is 2. The molecule has 3 nitrogen and oxygen atoms in total. The van der Waals surface area contributed by atoms with E-state index in [2.05, 4.69) is 55.6 Å². The van der Waals surface area contributed by atoms with E-state index in [9.17, 15) is 9.90 Å². The van der Waals surface area contributed by atoms with Gasteiger partial charge in [-0.25, -0.2) is 4.79 Å². The van der Waals surface area contributed by atoms with Gasteiger partial charge in [-0.2, -0.15) is 0 Å². The van der Waals surface area contributed by atoms with Gasteiger partial charge in [0, 0.05) is 11.6 Å². The maximum absolute atomic E-state index is 11.5. The topological polar surface area (TPSA) is 49.3 Å². The zero-order valence-corrected chi connectivity index (χ0v) is 15.5. The van der Waals surface area contributed by atoms with Crippen LogP contribution in [0.25, 0.3) is 0 Å². The molecular weight excluding hydrogens is 322 g/mol. The van der Waals surface area contributed by atoms with Crippen LogP contribution in [0.1, 0.15) is 70.8 Å². The molecule has 0 fully saturated rings. The van der Waals surface area contributed by atoms with Crippen molar-refractivity contribution in [2.24, 2.45) is 5.92 Å². The first-order valence-corrected chi connectivity index (χ1v) is 9.37. The second kappa shape index (κ2) is 6.31. The lowest BCUT2D eigenvalue weighted by molar-refractivity contribution is 0.0696. The van der Waals surface area contributed by atoms with Gasteiger partial charge in [-0.1, -0.05) is 56.3 Å². The van der Waals surface area contributed by atoms with Gasteiger partial charge < -0.3 is 10.4 Å². The molecule has 0 saturated heterocycles. The van der Waals surface area contributed by atoms with Gasteiger partial charge in [0.2, 0.25) is 0 Å². The lowest BCUT2D eigenvalue weighted by Gasteiger charge is -2.38. The predicted octanol–water partition coefficient (Wildman–Crippen LogP) is 5.64. The second-order valence-corrected chi connectivity index (χ2v) is 7.80. The number of hydrogen-bond donors (Lipinski definition) is 2. The third kappa shape index (κ3) is 2.63. The van der Waals surface area contributed by atoms with Crippen molar-refractivity contribution in [3.63, 3.8) is 0 Å². The van der Waals surface area contributed by atoms with E-state index in [1.54, 1.807) is 6.07 Å². The fraction of sp³-hybridized carbons (Fsp3) is 0.348. The minimum Gasteiger partial charge on any atom is -0.478 e. The zero-order chi connectivity index (χ0) is 18.4. The summed E-state index contributed by atoms with van der Waals surface area (Å²) in [6.45, 7) is 6.32. The van der Waals surface area contributed by atoms with Crippen LogP contribution >= 0.6 is 0 Å². The van der Waals surface area contributed by atoms with Gasteiger partial charge in [0.25, 0.3) is 0 Å². The highest BCUT2D eigenvalue weighted by molar-refractivity contribution is 5.92. The molecule has 2 aromatic rings. The van der Waals surface area contributed by atoms with Crippen molar-refractivity contribution in [3.8, 4) is 0 Å². The summed E-state index contributed by atoms with van der Waals surface area (Å²) in [5.74, 6) is 0.476. The number of allylic oxidation sites excluding steroid dienone is 2. The van der Waals surface area contributed by atoms with Crippen molar-refractivity contribution in [1.82, 2.24) is 0 Å². The van der Waals surface area contributed by atoms with E-state index in [1.807, 2.05) is 13.0 Å². The monoisotopic (exact) mass is 347 g/mol. The molecule has 26 heavy (non-hydrogen) atoms. The number of carboxylic acid groups (broad SMARTS) is 1. The summed E-state index contributed by atoms with van der Waals surface area (Å²) in [4.78, 5) is 11.5. The van der Waals surface area contributed by atoms with Gasteiger partial charge in [0.05, 0.1) is 11.6 Å². The molecule has 4 rings (SSSR count). The van der Waals surface area contributed by atoms with E-state index >= 15 is 0 Å². The molecule has 0 saturated carbocycles. The van der Waals surface area contributed by atoms with Gasteiger partial charge in [-0.15, -0.1) is 0 Å². The zero-order valence-electron chi connectivity index (χ0n) is 15.5. The Kier molecular flexibility index (Phi) is 4.10. The van der Waals surface area contributed by atoms with E-state index in [-0.39, 0.29) is 6.04 Å². The third-order valence-electron chi connectivity index (χ3n) is 5.99. The van der Waals surface area contributed by atoms with Crippen molar-refractivity contribution in [2.75, 3.05) is 5.32 Å². The average molecular weight is 347 g/mol. The predicted molar refractivity (Wildman–Crippen MR) is 105 cm³/mol. The highest BCUT2D eigenvalue weighted by atomic mass is 16.4. The fourth-order valence-corrected chi connectivity index (χ4v) is 4.46. The van der Waals surface area contributed by atoms with Gasteiger partial charge in [0.1, 0.15) is 0 Å². The normalized spacial score (nSPS) is 23.5. The van der Waals surface area contributed by atoms with E-state index < -0.39 is 5.97 Å². The van der Waals surface area contributed by atoms with Crippen LogP contribution in [0.4, 0.5) is 5.69 Å². The average Bonchev–Trinajstić information content (AvgIpc) is 3.11. The largest absolute Gasteiger partial charge is 0.478 e. The molecule has 0 aromatic heterocycles. The minimum absolute atomic E-state index is 0.200. The molecule has 2 N–H and O–H groups in total. The van der Waals surface area contributed by atoms with Crippen LogP contribution in [0.3, 0.4) is 0 Å². The molecule has 0 unspecified atom stereocenters. The van der Waals surface area contributed by atoms with Crippen LogP contribution in [-0.2, 0) is 0 Å². The molecule has 2 aromatic carbocycles. The Morgan fingerprint density at radius 3 is 2.54 bits per heavy atom. The molecule has 2 aliphatic rings. The van der Waals surface area contributed by atoms with Crippen LogP contribution in [-0.4, -0.2) is 11.1 Å². The molecular formula is C23H25NO2. The summed E-state index contributed by atoms with van der Waals surface area (Å²) in [5.41, 5.74) is 6.05. The SMILES string of the molecule is Cc1c(C(=O)O)ccc2c1N[C@H](c1ccc(C(C)C)cc1)[C@@H]1CC=C[C@H]21. The molecule has 134 valence electrons. The Bertz CT molecular complexity index is 880. The van der Waals surface area contributed by atoms with E-state index in [1.165, 1.54) is 16.7 Å². The Morgan fingerprint density at radius 1 is 1.15 bits per heavy atom. The maximum atomic E-state index is 11.5. The smallest absolute Gasteiger partial charge is 0.336 e. The number of anilines is 1. The summed E-state index contributed by atoms with van der Waals surface area (Å²) in [6, 6.07) is 12.8. The summed E-state index contributed by atoms with van der Waals surface area (Å²) in [7, 11) is 0. The molecule has 0 amide bonds. The summed E-state index contributed by atoms with van der Waals surface area (Å²) in [5, 5.41) is 13.2. The first-order chi connectivity index (χ1) is 12.5. The molecule has 1 aliphatic heterocycles. The number of fused-ring (bicyclic) bond motifs is 3. The summed E-state index contributed by atoms with van der Waals surface area (Å²) in [6.07, 6.45) is 5.61. The van der Waals surface area contributed by atoms with Crippen molar-refractivity contribution in [3.05, 3.63) is 76.4 Å². The van der Waals surface area contributed by atoms with E-state index in [4.69, 9.17) is 0 Å². The molecule has 0 spiro atoms. The number of carbonyl (C=O) groups is 1. The van der Waals surface area contributed by atoms with Crippen molar-refractivity contribution in [1.29, 1.82) is 0 Å². The van der Waals surface area contributed by atoms with Gasteiger partial charge in [-0.3, -0.25) is 0 Å².